The first-order chi connectivity index (χ1) is 9.45. The molecule has 4 nitrogen and oxygen atoms in total. The smallest absolute Gasteiger partial charge is 0.263 e. The van der Waals surface area contributed by atoms with Crippen LogP contribution < -0.4 is 10.5 Å². The zero-order chi connectivity index (χ0) is 14.8. The highest BCUT2D eigenvalue weighted by Gasteiger charge is 2.36. The van der Waals surface area contributed by atoms with Gasteiger partial charge in [-0.1, -0.05) is 30.7 Å². The van der Waals surface area contributed by atoms with Crippen molar-refractivity contribution in [3.8, 4) is 5.75 Å². The van der Waals surface area contributed by atoms with Crippen molar-refractivity contribution in [2.45, 2.75) is 26.4 Å². The molecule has 2 unspecified atom stereocenters. The molecule has 118 valence electrons. The first-order valence-electron chi connectivity index (χ1n) is 6.85. The number of amides is 1. The second kappa shape index (κ2) is 7.34. The molecule has 1 heterocycles. The maximum Gasteiger partial charge on any atom is 0.263 e. The predicted octanol–water partition coefficient (Wildman–Crippen LogP) is 2.73. The molecule has 0 saturated carbocycles. The van der Waals surface area contributed by atoms with E-state index in [1.165, 1.54) is 0 Å². The first-order valence-corrected chi connectivity index (χ1v) is 7.23. The monoisotopic (exact) mass is 332 g/mol. The van der Waals surface area contributed by atoms with Crippen LogP contribution in [-0.2, 0) is 4.79 Å². The number of rotatable bonds is 4. The molecule has 2 N–H and O–H groups in total. The van der Waals surface area contributed by atoms with Crippen LogP contribution in [0.2, 0.25) is 5.02 Å². The minimum atomic E-state index is -0.546. The number of halogens is 2. The van der Waals surface area contributed by atoms with Crippen molar-refractivity contribution in [1.29, 1.82) is 0 Å². The summed E-state index contributed by atoms with van der Waals surface area (Å²) in [6.07, 6.45) is 0.392. The maximum atomic E-state index is 12.4. The number of nitrogens with zero attached hydrogens (tertiary/aromatic N) is 1. The van der Waals surface area contributed by atoms with Crippen LogP contribution in [0.25, 0.3) is 0 Å². The Hall–Kier alpha value is -0.970. The number of carbonyl (C=O) groups excluding carboxylic acids is 1. The van der Waals surface area contributed by atoms with Gasteiger partial charge in [-0.15, -0.1) is 12.4 Å². The third-order valence-electron chi connectivity index (χ3n) is 3.85. The van der Waals surface area contributed by atoms with E-state index in [0.29, 0.717) is 23.9 Å². The number of carbonyl (C=O) groups is 1. The molecule has 1 fully saturated rings. The normalized spacial score (nSPS) is 22.6. The molecule has 6 heteroatoms. The average Bonchev–Trinajstić information content (AvgIpc) is 2.84. The van der Waals surface area contributed by atoms with E-state index in [4.69, 9.17) is 22.1 Å². The van der Waals surface area contributed by atoms with Gasteiger partial charge in [-0.2, -0.15) is 0 Å². The fourth-order valence-electron chi connectivity index (χ4n) is 2.42. The Bertz CT molecular complexity index is 498. The molecular formula is C15H22Cl2N2O2. The number of likely N-dealkylation sites (tertiary alicyclic amines) is 1. The molecule has 0 aliphatic carbocycles. The molecule has 0 bridgehead atoms. The summed E-state index contributed by atoms with van der Waals surface area (Å²) >= 11 is 6.03. The highest BCUT2D eigenvalue weighted by atomic mass is 35.5. The van der Waals surface area contributed by atoms with Crippen LogP contribution in [0.5, 0.6) is 5.75 Å². The molecule has 1 aromatic rings. The van der Waals surface area contributed by atoms with Gasteiger partial charge in [0, 0.05) is 13.1 Å². The van der Waals surface area contributed by atoms with Crippen LogP contribution in [0.4, 0.5) is 0 Å². The standard InChI is InChI=1S/C15H21ClN2O2.ClH/c1-11(20-13-6-4-3-5-12(13)16)14(19)18-8-7-15(2,9-17)10-18;/h3-6,11H,7-10,17H2,1-2H3;1H. The zero-order valence-corrected chi connectivity index (χ0v) is 13.9. The summed E-state index contributed by atoms with van der Waals surface area (Å²) in [6.45, 7) is 5.89. The Morgan fingerprint density at radius 3 is 2.76 bits per heavy atom. The van der Waals surface area contributed by atoms with Crippen molar-refractivity contribution in [1.82, 2.24) is 4.90 Å². The van der Waals surface area contributed by atoms with Crippen LogP contribution in [0.3, 0.4) is 0 Å². The van der Waals surface area contributed by atoms with Crippen LogP contribution >= 0.6 is 24.0 Å². The lowest BCUT2D eigenvalue weighted by Gasteiger charge is -2.25. The molecule has 1 aromatic carbocycles. The van der Waals surface area contributed by atoms with Crippen LogP contribution in [0.1, 0.15) is 20.3 Å². The highest BCUT2D eigenvalue weighted by Crippen LogP contribution is 2.30. The van der Waals surface area contributed by atoms with Crippen molar-refractivity contribution in [2.75, 3.05) is 19.6 Å². The van der Waals surface area contributed by atoms with Gasteiger partial charge >= 0.3 is 0 Å². The van der Waals surface area contributed by atoms with Crippen molar-refractivity contribution in [2.24, 2.45) is 11.1 Å². The lowest BCUT2D eigenvalue weighted by molar-refractivity contribution is -0.137. The number of nitrogens with two attached hydrogens (primary N) is 1. The Labute approximate surface area is 137 Å². The molecule has 2 rings (SSSR count). The quantitative estimate of drug-likeness (QED) is 0.922. The second-order valence-electron chi connectivity index (χ2n) is 5.72. The lowest BCUT2D eigenvalue weighted by Crippen LogP contribution is -2.41. The van der Waals surface area contributed by atoms with E-state index in [1.807, 2.05) is 17.0 Å². The minimum absolute atomic E-state index is 0. The van der Waals surface area contributed by atoms with Gasteiger partial charge in [-0.3, -0.25) is 4.79 Å². The van der Waals surface area contributed by atoms with Gasteiger partial charge in [0.25, 0.3) is 5.91 Å². The number of benzene rings is 1. The molecule has 1 aliphatic heterocycles. The number of ether oxygens (including phenoxy) is 1. The van der Waals surface area contributed by atoms with E-state index < -0.39 is 6.10 Å². The molecule has 1 amide bonds. The summed E-state index contributed by atoms with van der Waals surface area (Å²) in [6, 6.07) is 7.17. The molecular weight excluding hydrogens is 311 g/mol. The third-order valence-corrected chi connectivity index (χ3v) is 4.16. The fraction of sp³-hybridized carbons (Fsp3) is 0.533. The van der Waals surface area contributed by atoms with E-state index in [9.17, 15) is 4.79 Å². The summed E-state index contributed by atoms with van der Waals surface area (Å²) < 4.78 is 5.67. The largest absolute Gasteiger partial charge is 0.479 e. The van der Waals surface area contributed by atoms with E-state index in [0.717, 1.165) is 13.0 Å². The fourth-order valence-corrected chi connectivity index (χ4v) is 2.60. The second-order valence-corrected chi connectivity index (χ2v) is 6.12. The van der Waals surface area contributed by atoms with Crippen molar-refractivity contribution in [3.05, 3.63) is 29.3 Å². The van der Waals surface area contributed by atoms with E-state index in [2.05, 4.69) is 6.92 Å². The Morgan fingerprint density at radius 1 is 1.52 bits per heavy atom. The van der Waals surface area contributed by atoms with Crippen LogP contribution in [0, 0.1) is 5.41 Å². The van der Waals surface area contributed by atoms with Gasteiger partial charge < -0.3 is 15.4 Å². The van der Waals surface area contributed by atoms with E-state index in [-0.39, 0.29) is 23.7 Å². The van der Waals surface area contributed by atoms with Crippen LogP contribution in [-0.4, -0.2) is 36.5 Å². The Kier molecular flexibility index (Phi) is 6.32. The molecule has 21 heavy (non-hydrogen) atoms. The zero-order valence-electron chi connectivity index (χ0n) is 12.3. The lowest BCUT2D eigenvalue weighted by atomic mass is 9.90. The van der Waals surface area contributed by atoms with Gasteiger partial charge in [-0.05, 0) is 37.4 Å². The maximum absolute atomic E-state index is 12.4. The van der Waals surface area contributed by atoms with Crippen molar-refractivity contribution >= 4 is 29.9 Å². The Morgan fingerprint density at radius 2 is 2.19 bits per heavy atom. The van der Waals surface area contributed by atoms with Crippen LogP contribution in [0.15, 0.2) is 24.3 Å². The van der Waals surface area contributed by atoms with Gasteiger partial charge in [0.15, 0.2) is 6.10 Å². The van der Waals surface area contributed by atoms with Gasteiger partial charge in [0.2, 0.25) is 0 Å². The van der Waals surface area contributed by atoms with Crippen molar-refractivity contribution in [3.63, 3.8) is 0 Å². The molecule has 0 radical (unpaired) electrons. The predicted molar refractivity (Wildman–Crippen MR) is 87.1 cm³/mol. The van der Waals surface area contributed by atoms with Gasteiger partial charge in [0.05, 0.1) is 5.02 Å². The Balaban J connectivity index is 0.00000220. The molecule has 1 aliphatic rings. The SMILES string of the molecule is CC(Oc1ccccc1Cl)C(=O)N1CCC(C)(CN)C1.Cl. The van der Waals surface area contributed by atoms with Gasteiger partial charge in [0.1, 0.15) is 5.75 Å². The summed E-state index contributed by atoms with van der Waals surface area (Å²) in [4.78, 5) is 14.2. The molecule has 1 saturated heterocycles. The topological polar surface area (TPSA) is 55.6 Å². The highest BCUT2D eigenvalue weighted by molar-refractivity contribution is 6.32. The molecule has 0 spiro atoms. The van der Waals surface area contributed by atoms with Gasteiger partial charge in [-0.25, -0.2) is 0 Å². The number of hydrogen-bond donors (Lipinski definition) is 1. The number of hydrogen-bond acceptors (Lipinski definition) is 3. The summed E-state index contributed by atoms with van der Waals surface area (Å²) in [7, 11) is 0. The average molecular weight is 333 g/mol. The molecule has 2 atom stereocenters. The van der Waals surface area contributed by atoms with Crippen molar-refractivity contribution < 1.29 is 9.53 Å². The third kappa shape index (κ3) is 4.25. The van der Waals surface area contributed by atoms with E-state index >= 15 is 0 Å². The number of para-hydroxylation sites is 1. The van der Waals surface area contributed by atoms with E-state index in [1.54, 1.807) is 19.1 Å². The summed E-state index contributed by atoms with van der Waals surface area (Å²) in [5.74, 6) is 0.526. The summed E-state index contributed by atoms with van der Waals surface area (Å²) in [5.41, 5.74) is 5.79. The minimum Gasteiger partial charge on any atom is -0.479 e. The first kappa shape index (κ1) is 18.1. The molecule has 0 aromatic heterocycles. The summed E-state index contributed by atoms with van der Waals surface area (Å²) in [5, 5.41) is 0.514.